The molecule has 1 aromatic heterocycles. The molecule has 0 spiro atoms. The predicted molar refractivity (Wildman–Crippen MR) is 264 cm³/mol. The zero-order valence-electron chi connectivity index (χ0n) is 38.9. The van der Waals surface area contributed by atoms with Crippen LogP contribution in [0.1, 0.15) is 156 Å². The number of benzene rings is 5. The largest absolute Gasteiger partial charge is 0.311 e. The molecule has 0 atom stereocenters. The summed E-state index contributed by atoms with van der Waals surface area (Å²) in [5.74, 6) is 0. The second-order valence-electron chi connectivity index (χ2n) is 23.6. The van der Waals surface area contributed by atoms with Gasteiger partial charge in [0, 0.05) is 43.3 Å². The van der Waals surface area contributed by atoms with Crippen molar-refractivity contribution in [2.45, 2.75) is 155 Å². The average Bonchev–Trinajstić information content (AvgIpc) is 3.56. The summed E-state index contributed by atoms with van der Waals surface area (Å²) in [6, 6.07) is 36.8. The molecule has 0 radical (unpaired) electrons. The molecule has 5 aromatic carbocycles. The molecule has 10 rings (SSSR count). The third kappa shape index (κ3) is 5.85. The van der Waals surface area contributed by atoms with Crippen molar-refractivity contribution >= 4 is 78.0 Å². The maximum atomic E-state index is 2.69. The highest BCUT2D eigenvalue weighted by molar-refractivity contribution is 7.33. The third-order valence-corrected chi connectivity index (χ3v) is 16.7. The van der Waals surface area contributed by atoms with Crippen LogP contribution in [0.4, 0.5) is 34.1 Å². The van der Waals surface area contributed by atoms with E-state index in [1.165, 1.54) is 119 Å². The van der Waals surface area contributed by atoms with Gasteiger partial charge in [-0.1, -0.05) is 133 Å². The van der Waals surface area contributed by atoms with Crippen LogP contribution >= 0.6 is 11.3 Å². The van der Waals surface area contributed by atoms with Gasteiger partial charge in [0.05, 0.1) is 5.69 Å². The molecule has 60 heavy (non-hydrogen) atoms. The lowest BCUT2D eigenvalue weighted by Gasteiger charge is -2.47. The number of thiophene rings is 1. The Balaban J connectivity index is 1.31. The quantitative estimate of drug-likeness (QED) is 0.161. The molecule has 0 bridgehead atoms. The molecule has 4 heteroatoms. The lowest BCUT2D eigenvalue weighted by atomic mass is 9.35. The van der Waals surface area contributed by atoms with Gasteiger partial charge in [-0.3, -0.25) is 0 Å². The topological polar surface area (TPSA) is 6.48 Å². The molecule has 0 amide bonds. The fourth-order valence-electron chi connectivity index (χ4n) is 11.3. The molecule has 2 aliphatic carbocycles. The minimum absolute atomic E-state index is 0.0377. The minimum Gasteiger partial charge on any atom is -0.311 e. The summed E-state index contributed by atoms with van der Waals surface area (Å²) in [6.45, 7) is 33.9. The van der Waals surface area contributed by atoms with Crippen LogP contribution < -0.4 is 25.5 Å². The molecule has 0 fully saturated rings. The van der Waals surface area contributed by atoms with E-state index in [1.54, 1.807) is 0 Å². The fourth-order valence-corrected chi connectivity index (χ4v) is 12.6. The molecule has 3 heterocycles. The van der Waals surface area contributed by atoms with Crippen LogP contribution in [0.2, 0.25) is 0 Å². The summed E-state index contributed by atoms with van der Waals surface area (Å²) in [7, 11) is 0. The molecule has 6 aromatic rings. The van der Waals surface area contributed by atoms with Crippen molar-refractivity contribution in [3.8, 4) is 0 Å². The Hall–Kier alpha value is -4.28. The van der Waals surface area contributed by atoms with Crippen LogP contribution in [-0.2, 0) is 32.5 Å². The van der Waals surface area contributed by atoms with Crippen molar-refractivity contribution in [2.75, 3.05) is 9.80 Å². The Morgan fingerprint density at radius 2 is 1.02 bits per heavy atom. The Labute approximate surface area is 365 Å². The second kappa shape index (κ2) is 12.7. The van der Waals surface area contributed by atoms with Crippen LogP contribution in [0.3, 0.4) is 0 Å². The number of nitrogens with zero attached hydrogens (tertiary/aromatic N) is 2. The highest BCUT2D eigenvalue weighted by Crippen LogP contribution is 2.53. The molecular formula is C56H65BN2S. The first-order chi connectivity index (χ1) is 28.0. The van der Waals surface area contributed by atoms with Crippen molar-refractivity contribution in [1.82, 2.24) is 0 Å². The summed E-state index contributed by atoms with van der Waals surface area (Å²) in [5.41, 5.74) is 20.0. The molecule has 0 saturated carbocycles. The maximum Gasteiger partial charge on any atom is 0.264 e. The Kier molecular flexibility index (Phi) is 8.40. The van der Waals surface area contributed by atoms with Crippen molar-refractivity contribution in [2.24, 2.45) is 0 Å². The zero-order chi connectivity index (χ0) is 42.7. The van der Waals surface area contributed by atoms with E-state index in [9.17, 15) is 0 Å². The summed E-state index contributed by atoms with van der Waals surface area (Å²) < 4.78 is 2.82. The van der Waals surface area contributed by atoms with Crippen molar-refractivity contribution in [1.29, 1.82) is 0 Å². The van der Waals surface area contributed by atoms with Crippen LogP contribution in [0.25, 0.3) is 10.1 Å². The summed E-state index contributed by atoms with van der Waals surface area (Å²) in [4.78, 5) is 5.31. The molecule has 308 valence electrons. The van der Waals surface area contributed by atoms with Gasteiger partial charge in [-0.15, -0.1) is 11.3 Å². The third-order valence-electron chi connectivity index (χ3n) is 15.5. The smallest absolute Gasteiger partial charge is 0.264 e. The van der Waals surface area contributed by atoms with E-state index in [4.69, 9.17) is 0 Å². The SMILES string of the molecule is CC(C)(C)c1ccc(N2c3cccc4c3B(c3cc5c(cc3N4c3ccc4c(c3)C(C)(C)CCC4(C)C)C(C)(C)CCC5(C)C)c3sc4ccc(C(C)(C)C)cc4c32)cc1. The van der Waals surface area contributed by atoms with Gasteiger partial charge in [-0.2, -0.15) is 0 Å². The van der Waals surface area contributed by atoms with Gasteiger partial charge in [0.15, 0.2) is 0 Å². The number of rotatable bonds is 2. The lowest BCUT2D eigenvalue weighted by molar-refractivity contribution is 0.332. The predicted octanol–water partition coefficient (Wildman–Crippen LogP) is 14.3. The number of hydrogen-bond donors (Lipinski definition) is 0. The van der Waals surface area contributed by atoms with Gasteiger partial charge in [0.1, 0.15) is 0 Å². The van der Waals surface area contributed by atoms with Crippen molar-refractivity contribution < 1.29 is 0 Å². The monoisotopic (exact) mass is 808 g/mol. The van der Waals surface area contributed by atoms with Gasteiger partial charge in [-0.25, -0.2) is 0 Å². The Morgan fingerprint density at radius 1 is 0.500 bits per heavy atom. The first-order valence-electron chi connectivity index (χ1n) is 22.7. The van der Waals surface area contributed by atoms with Crippen LogP contribution in [-0.4, -0.2) is 6.71 Å². The van der Waals surface area contributed by atoms with E-state index in [0.717, 1.165) is 0 Å². The molecule has 0 N–H and O–H groups in total. The molecule has 4 aliphatic rings. The molecule has 0 unspecified atom stereocenters. The van der Waals surface area contributed by atoms with E-state index in [2.05, 4.69) is 198 Å². The van der Waals surface area contributed by atoms with E-state index < -0.39 is 0 Å². The van der Waals surface area contributed by atoms with E-state index in [-0.39, 0.29) is 39.2 Å². The molecular weight excluding hydrogens is 744 g/mol. The summed E-state index contributed by atoms with van der Waals surface area (Å²) in [5, 5.41) is 1.36. The number of anilines is 6. The minimum atomic E-state index is 0.0377. The normalized spacial score (nSPS) is 19.3. The first kappa shape index (κ1) is 39.8. The second-order valence-corrected chi connectivity index (χ2v) is 24.7. The lowest BCUT2D eigenvalue weighted by Crippen LogP contribution is -2.61. The van der Waals surface area contributed by atoms with Gasteiger partial charge in [0.25, 0.3) is 6.71 Å². The van der Waals surface area contributed by atoms with Gasteiger partial charge in [-0.05, 0) is 157 Å². The average molecular weight is 809 g/mol. The van der Waals surface area contributed by atoms with E-state index in [1.807, 2.05) is 11.3 Å². The van der Waals surface area contributed by atoms with Crippen LogP contribution in [0, 0.1) is 0 Å². The first-order valence-corrected chi connectivity index (χ1v) is 23.5. The number of hydrogen-bond acceptors (Lipinski definition) is 3. The van der Waals surface area contributed by atoms with Crippen molar-refractivity contribution in [3.05, 3.63) is 124 Å². The highest BCUT2D eigenvalue weighted by atomic mass is 32.1. The zero-order valence-corrected chi connectivity index (χ0v) is 39.7. The summed E-state index contributed by atoms with van der Waals surface area (Å²) >= 11 is 2.02. The van der Waals surface area contributed by atoms with Crippen LogP contribution in [0.5, 0.6) is 0 Å². The van der Waals surface area contributed by atoms with Crippen LogP contribution in [0.15, 0.2) is 91.0 Å². The van der Waals surface area contributed by atoms with Gasteiger partial charge >= 0.3 is 0 Å². The fraction of sp³-hybridized carbons (Fsp3) is 0.429. The van der Waals surface area contributed by atoms with E-state index >= 15 is 0 Å². The summed E-state index contributed by atoms with van der Waals surface area (Å²) in [6.07, 6.45) is 4.80. The molecule has 2 aliphatic heterocycles. The molecule has 2 nitrogen and oxygen atoms in total. The Bertz CT molecular complexity index is 2750. The number of fused-ring (bicyclic) bond motifs is 8. The molecule has 0 saturated heterocycles. The standard InChI is InChI=1S/C56H65BN2S/c1-51(2,3)34-18-21-36(22-19-34)59-45-17-15-16-44-48(45)57(50-49(59)38-30-35(52(4,5)6)20-25-47(38)60-50)43-32-41-42(56(13,14)29-28-55(41,11)12)33-46(43)58(44)37-23-24-39-40(31-37)54(9,10)27-26-53(39,7)8/h15-25,30-33H,26-29H2,1-14H3. The van der Waals surface area contributed by atoms with Gasteiger partial charge < -0.3 is 9.80 Å². The Morgan fingerprint density at radius 3 is 1.62 bits per heavy atom. The maximum absolute atomic E-state index is 2.69. The van der Waals surface area contributed by atoms with Gasteiger partial charge in [0.2, 0.25) is 0 Å². The van der Waals surface area contributed by atoms with E-state index in [0.29, 0.717) is 0 Å². The van der Waals surface area contributed by atoms with Crippen molar-refractivity contribution in [3.63, 3.8) is 0 Å². The highest BCUT2D eigenvalue weighted by Gasteiger charge is 2.48.